The molecule has 2 heteroatoms. The van der Waals surface area contributed by atoms with Crippen molar-refractivity contribution in [3.05, 3.63) is 35.4 Å². The Morgan fingerprint density at radius 1 is 1.24 bits per heavy atom. The van der Waals surface area contributed by atoms with E-state index in [2.05, 4.69) is 6.07 Å². The minimum Gasteiger partial charge on any atom is -0.387 e. The van der Waals surface area contributed by atoms with Crippen LogP contribution >= 0.6 is 0 Å². The molecule has 1 fully saturated rings. The number of aliphatic hydroxyl groups is 1. The Labute approximate surface area is 103 Å². The van der Waals surface area contributed by atoms with Gasteiger partial charge in [0.15, 0.2) is 0 Å². The smallest absolute Gasteiger partial charge is 0.0978 e. The van der Waals surface area contributed by atoms with Crippen molar-refractivity contribution in [1.29, 1.82) is 5.26 Å². The first kappa shape index (κ1) is 12.1. The van der Waals surface area contributed by atoms with E-state index in [-0.39, 0.29) is 0 Å². The number of aliphatic hydroxyl groups excluding tert-OH is 1. The van der Waals surface area contributed by atoms with Crippen LogP contribution in [-0.2, 0) is 0 Å². The molecule has 0 amide bonds. The SMILES string of the molecule is Cc1ccccc1C(O)C1(C#N)CCCCC1. The first-order chi connectivity index (χ1) is 8.19. The lowest BCUT2D eigenvalue weighted by Gasteiger charge is -2.35. The molecule has 1 aromatic rings. The summed E-state index contributed by atoms with van der Waals surface area (Å²) in [6, 6.07) is 10.2. The largest absolute Gasteiger partial charge is 0.387 e. The van der Waals surface area contributed by atoms with Gasteiger partial charge < -0.3 is 5.11 Å². The van der Waals surface area contributed by atoms with Gasteiger partial charge in [-0.15, -0.1) is 0 Å². The molecule has 1 aliphatic carbocycles. The quantitative estimate of drug-likeness (QED) is 0.843. The van der Waals surface area contributed by atoms with Crippen LogP contribution in [0.15, 0.2) is 24.3 Å². The van der Waals surface area contributed by atoms with Gasteiger partial charge >= 0.3 is 0 Å². The van der Waals surface area contributed by atoms with Crippen molar-refractivity contribution in [3.63, 3.8) is 0 Å². The first-order valence-electron chi connectivity index (χ1n) is 6.34. The van der Waals surface area contributed by atoms with Gasteiger partial charge in [-0.25, -0.2) is 0 Å². The van der Waals surface area contributed by atoms with Gasteiger partial charge in [-0.3, -0.25) is 0 Å². The van der Waals surface area contributed by atoms with Gasteiger partial charge in [-0.1, -0.05) is 43.5 Å². The maximum atomic E-state index is 10.6. The lowest BCUT2D eigenvalue weighted by atomic mass is 9.69. The molecule has 1 unspecified atom stereocenters. The molecule has 17 heavy (non-hydrogen) atoms. The second-order valence-electron chi connectivity index (χ2n) is 5.09. The second-order valence-corrected chi connectivity index (χ2v) is 5.09. The number of nitriles is 1. The van der Waals surface area contributed by atoms with E-state index in [1.807, 2.05) is 31.2 Å². The van der Waals surface area contributed by atoms with Crippen molar-refractivity contribution < 1.29 is 5.11 Å². The number of nitrogens with zero attached hydrogens (tertiary/aromatic N) is 1. The van der Waals surface area contributed by atoms with Gasteiger partial charge in [0.1, 0.15) is 0 Å². The zero-order valence-electron chi connectivity index (χ0n) is 10.3. The number of rotatable bonds is 2. The highest BCUT2D eigenvalue weighted by molar-refractivity contribution is 5.31. The highest BCUT2D eigenvalue weighted by Gasteiger charge is 2.40. The van der Waals surface area contributed by atoms with Gasteiger partial charge in [0.05, 0.1) is 17.6 Å². The molecule has 1 saturated carbocycles. The predicted octanol–water partition coefficient (Wildman–Crippen LogP) is 3.50. The molecular weight excluding hydrogens is 210 g/mol. The van der Waals surface area contributed by atoms with Crippen molar-refractivity contribution in [2.75, 3.05) is 0 Å². The highest BCUT2D eigenvalue weighted by Crippen LogP contribution is 2.46. The normalized spacial score (nSPS) is 20.5. The van der Waals surface area contributed by atoms with Crippen molar-refractivity contribution in [1.82, 2.24) is 0 Å². The van der Waals surface area contributed by atoms with Crippen LogP contribution in [0, 0.1) is 23.7 Å². The van der Waals surface area contributed by atoms with Crippen LogP contribution in [0.5, 0.6) is 0 Å². The molecule has 0 aliphatic heterocycles. The number of benzene rings is 1. The number of aryl methyl sites for hydroxylation is 1. The van der Waals surface area contributed by atoms with E-state index in [1.165, 1.54) is 6.42 Å². The Kier molecular flexibility index (Phi) is 3.49. The fourth-order valence-corrected chi connectivity index (χ4v) is 2.82. The summed E-state index contributed by atoms with van der Waals surface area (Å²) in [5, 5.41) is 20.0. The van der Waals surface area contributed by atoms with E-state index in [0.29, 0.717) is 0 Å². The van der Waals surface area contributed by atoms with E-state index in [4.69, 9.17) is 0 Å². The molecule has 0 saturated heterocycles. The molecule has 0 bridgehead atoms. The minimum absolute atomic E-state index is 0.565. The molecule has 0 heterocycles. The van der Waals surface area contributed by atoms with Crippen LogP contribution < -0.4 is 0 Å². The summed E-state index contributed by atoms with van der Waals surface area (Å²) < 4.78 is 0. The summed E-state index contributed by atoms with van der Waals surface area (Å²) >= 11 is 0. The fourth-order valence-electron chi connectivity index (χ4n) is 2.82. The summed E-state index contributed by atoms with van der Waals surface area (Å²) in [5.41, 5.74) is 1.42. The van der Waals surface area contributed by atoms with Crippen LogP contribution in [0.2, 0.25) is 0 Å². The topological polar surface area (TPSA) is 44.0 Å². The zero-order chi connectivity index (χ0) is 12.3. The van der Waals surface area contributed by atoms with Crippen molar-refractivity contribution in [2.24, 2.45) is 5.41 Å². The lowest BCUT2D eigenvalue weighted by Crippen LogP contribution is -2.30. The Morgan fingerprint density at radius 2 is 1.88 bits per heavy atom. The van der Waals surface area contributed by atoms with E-state index in [1.54, 1.807) is 0 Å². The molecular formula is C15H19NO. The lowest BCUT2D eigenvalue weighted by molar-refractivity contribution is 0.0355. The third-order valence-corrected chi connectivity index (χ3v) is 3.97. The van der Waals surface area contributed by atoms with E-state index < -0.39 is 11.5 Å². The molecule has 2 rings (SSSR count). The van der Waals surface area contributed by atoms with Crippen LogP contribution in [0.25, 0.3) is 0 Å². The number of hydrogen-bond donors (Lipinski definition) is 1. The van der Waals surface area contributed by atoms with Crippen LogP contribution in [-0.4, -0.2) is 5.11 Å². The molecule has 90 valence electrons. The predicted molar refractivity (Wildman–Crippen MR) is 67.3 cm³/mol. The van der Waals surface area contributed by atoms with Gasteiger partial charge in [0.25, 0.3) is 0 Å². The maximum Gasteiger partial charge on any atom is 0.0978 e. The zero-order valence-corrected chi connectivity index (χ0v) is 10.3. The van der Waals surface area contributed by atoms with E-state index in [9.17, 15) is 10.4 Å². The highest BCUT2D eigenvalue weighted by atomic mass is 16.3. The summed E-state index contributed by atoms with van der Waals surface area (Å²) in [4.78, 5) is 0. The third kappa shape index (κ3) is 2.21. The molecule has 1 atom stereocenters. The molecule has 1 aliphatic rings. The summed E-state index contributed by atoms with van der Waals surface area (Å²) in [5.74, 6) is 0. The first-order valence-corrected chi connectivity index (χ1v) is 6.34. The Bertz CT molecular complexity index is 427. The fraction of sp³-hybridized carbons (Fsp3) is 0.533. The Morgan fingerprint density at radius 3 is 2.47 bits per heavy atom. The Balaban J connectivity index is 2.32. The molecule has 0 spiro atoms. The van der Waals surface area contributed by atoms with Crippen molar-refractivity contribution in [2.45, 2.75) is 45.1 Å². The van der Waals surface area contributed by atoms with Gasteiger partial charge in [0, 0.05) is 0 Å². The maximum absolute atomic E-state index is 10.6. The summed E-state index contributed by atoms with van der Waals surface area (Å²) in [6.07, 6.45) is 4.28. The van der Waals surface area contributed by atoms with Crippen LogP contribution in [0.1, 0.15) is 49.3 Å². The second kappa shape index (κ2) is 4.89. The molecule has 0 aromatic heterocycles. The molecule has 0 radical (unpaired) electrons. The molecule has 1 aromatic carbocycles. The average molecular weight is 229 g/mol. The van der Waals surface area contributed by atoms with Gasteiger partial charge in [-0.05, 0) is 30.9 Å². The Hall–Kier alpha value is -1.33. The average Bonchev–Trinajstić information content (AvgIpc) is 2.39. The summed E-state index contributed by atoms with van der Waals surface area (Å²) in [7, 11) is 0. The van der Waals surface area contributed by atoms with Gasteiger partial charge in [0.2, 0.25) is 0 Å². The molecule has 1 N–H and O–H groups in total. The number of hydrogen-bond acceptors (Lipinski definition) is 2. The van der Waals surface area contributed by atoms with Crippen molar-refractivity contribution in [3.8, 4) is 6.07 Å². The van der Waals surface area contributed by atoms with E-state index >= 15 is 0 Å². The monoisotopic (exact) mass is 229 g/mol. The molecule has 2 nitrogen and oxygen atoms in total. The van der Waals surface area contributed by atoms with E-state index in [0.717, 1.165) is 36.8 Å². The third-order valence-electron chi connectivity index (χ3n) is 3.97. The van der Waals surface area contributed by atoms with Crippen LogP contribution in [0.4, 0.5) is 0 Å². The van der Waals surface area contributed by atoms with Gasteiger partial charge in [-0.2, -0.15) is 5.26 Å². The van der Waals surface area contributed by atoms with Crippen molar-refractivity contribution >= 4 is 0 Å². The van der Waals surface area contributed by atoms with Crippen LogP contribution in [0.3, 0.4) is 0 Å². The summed E-state index contributed by atoms with van der Waals surface area (Å²) in [6.45, 7) is 1.99. The standard InChI is InChI=1S/C15H19NO/c1-12-7-3-4-8-13(12)14(17)15(11-16)9-5-2-6-10-15/h3-4,7-8,14,17H,2,5-6,9-10H2,1H3. The minimum atomic E-state index is -0.644.